The lowest BCUT2D eigenvalue weighted by molar-refractivity contribution is -0.136. The van der Waals surface area contributed by atoms with E-state index in [0.717, 1.165) is 11.8 Å². The fraction of sp³-hybridized carbons (Fsp3) is 0.400. The van der Waals surface area contributed by atoms with Crippen molar-refractivity contribution in [1.82, 2.24) is 15.2 Å². The molecule has 0 aliphatic rings. The summed E-state index contributed by atoms with van der Waals surface area (Å²) in [6, 6.07) is 0. The summed E-state index contributed by atoms with van der Waals surface area (Å²) < 4.78 is 0. The highest BCUT2D eigenvalue weighted by molar-refractivity contribution is 8.00. The maximum atomic E-state index is 10.3. The summed E-state index contributed by atoms with van der Waals surface area (Å²) in [5, 5.41) is 14.7. The fourth-order valence-corrected chi connectivity index (χ4v) is 1.12. The Labute approximate surface area is 67.2 Å². The van der Waals surface area contributed by atoms with Crippen LogP contribution in [0.25, 0.3) is 0 Å². The Balaban J connectivity index is 2.50. The van der Waals surface area contributed by atoms with Crippen LogP contribution in [-0.2, 0) is 4.79 Å². The van der Waals surface area contributed by atoms with Gasteiger partial charge in [0, 0.05) is 0 Å². The van der Waals surface area contributed by atoms with Crippen molar-refractivity contribution in [2.45, 2.75) is 17.3 Å². The second-order valence-electron chi connectivity index (χ2n) is 1.89. The summed E-state index contributed by atoms with van der Waals surface area (Å²) in [5.74, 6) is -0.855. The van der Waals surface area contributed by atoms with E-state index in [9.17, 15) is 4.79 Å². The molecular formula is C5H7N3O2S. The van der Waals surface area contributed by atoms with Gasteiger partial charge in [0.1, 0.15) is 11.6 Å². The number of rotatable bonds is 3. The lowest BCUT2D eigenvalue weighted by Crippen LogP contribution is -2.11. The second kappa shape index (κ2) is 3.38. The van der Waals surface area contributed by atoms with Crippen molar-refractivity contribution >= 4 is 17.7 Å². The van der Waals surface area contributed by atoms with E-state index in [1.807, 2.05) is 0 Å². The van der Waals surface area contributed by atoms with E-state index in [2.05, 4.69) is 15.2 Å². The Morgan fingerprint density at radius 1 is 1.91 bits per heavy atom. The predicted molar refractivity (Wildman–Crippen MR) is 39.3 cm³/mol. The molecule has 6 heteroatoms. The number of aromatic amines is 1. The largest absolute Gasteiger partial charge is 0.480 e. The van der Waals surface area contributed by atoms with Crippen LogP contribution in [0.15, 0.2) is 11.5 Å². The molecule has 1 atom stereocenters. The maximum absolute atomic E-state index is 10.3. The van der Waals surface area contributed by atoms with E-state index in [-0.39, 0.29) is 0 Å². The van der Waals surface area contributed by atoms with Gasteiger partial charge in [-0.3, -0.25) is 9.89 Å². The zero-order valence-corrected chi connectivity index (χ0v) is 6.63. The third kappa shape index (κ3) is 2.23. The standard InChI is InChI=1S/C5H7N3O2S/c1-3(4(9)10)11-5-6-2-7-8-5/h2-3H,1H3,(H,9,10)(H,6,7,8)/t3-/m1/s1. The maximum Gasteiger partial charge on any atom is 0.316 e. The molecule has 0 aliphatic carbocycles. The number of aromatic nitrogens is 3. The molecule has 0 aromatic carbocycles. The van der Waals surface area contributed by atoms with Gasteiger partial charge in [0.15, 0.2) is 5.16 Å². The van der Waals surface area contributed by atoms with Crippen LogP contribution >= 0.6 is 11.8 Å². The topological polar surface area (TPSA) is 78.9 Å². The minimum Gasteiger partial charge on any atom is -0.480 e. The first-order chi connectivity index (χ1) is 5.20. The van der Waals surface area contributed by atoms with Crippen LogP contribution in [0.5, 0.6) is 0 Å². The molecule has 1 rings (SSSR count). The van der Waals surface area contributed by atoms with Crippen LogP contribution in [0, 0.1) is 0 Å². The van der Waals surface area contributed by atoms with Crippen LogP contribution in [0.1, 0.15) is 6.92 Å². The van der Waals surface area contributed by atoms with Crippen molar-refractivity contribution in [3.05, 3.63) is 6.33 Å². The number of aliphatic carboxylic acids is 1. The molecule has 0 unspecified atom stereocenters. The van der Waals surface area contributed by atoms with Gasteiger partial charge in [0.2, 0.25) is 0 Å². The first-order valence-corrected chi connectivity index (χ1v) is 3.83. The second-order valence-corrected chi connectivity index (χ2v) is 3.22. The van der Waals surface area contributed by atoms with Crippen LogP contribution in [0.2, 0.25) is 0 Å². The Morgan fingerprint density at radius 3 is 3.09 bits per heavy atom. The average molecular weight is 173 g/mol. The van der Waals surface area contributed by atoms with Gasteiger partial charge in [0.05, 0.1) is 0 Å². The van der Waals surface area contributed by atoms with E-state index in [0.29, 0.717) is 5.16 Å². The number of thioether (sulfide) groups is 1. The summed E-state index contributed by atoms with van der Waals surface area (Å²) in [4.78, 5) is 14.1. The molecule has 1 aromatic heterocycles. The fourth-order valence-electron chi connectivity index (χ4n) is 0.469. The van der Waals surface area contributed by atoms with Crippen LogP contribution in [0.3, 0.4) is 0 Å². The third-order valence-electron chi connectivity index (χ3n) is 1.03. The predicted octanol–water partition coefficient (Wildman–Crippen LogP) is 0.370. The third-order valence-corrected chi connectivity index (χ3v) is 2.00. The monoisotopic (exact) mass is 173 g/mol. The van der Waals surface area contributed by atoms with Gasteiger partial charge >= 0.3 is 5.97 Å². The van der Waals surface area contributed by atoms with Crippen LogP contribution in [0.4, 0.5) is 0 Å². The molecule has 11 heavy (non-hydrogen) atoms. The van der Waals surface area contributed by atoms with Crippen LogP contribution < -0.4 is 0 Å². The van der Waals surface area contributed by atoms with Gasteiger partial charge in [-0.2, -0.15) is 5.10 Å². The molecule has 0 radical (unpaired) electrons. The first-order valence-electron chi connectivity index (χ1n) is 2.95. The van der Waals surface area contributed by atoms with E-state index in [4.69, 9.17) is 5.11 Å². The summed E-state index contributed by atoms with van der Waals surface area (Å²) in [5.41, 5.74) is 0. The molecule has 0 amide bonds. The molecule has 0 fully saturated rings. The Kier molecular flexibility index (Phi) is 2.48. The lowest BCUT2D eigenvalue weighted by Gasteiger charge is -2.00. The van der Waals surface area contributed by atoms with E-state index >= 15 is 0 Å². The number of hydrogen-bond donors (Lipinski definition) is 2. The molecule has 0 saturated carbocycles. The summed E-state index contributed by atoms with van der Waals surface area (Å²) in [6.07, 6.45) is 1.34. The van der Waals surface area contributed by atoms with E-state index in [1.165, 1.54) is 6.33 Å². The summed E-state index contributed by atoms with van der Waals surface area (Å²) in [6.45, 7) is 1.59. The van der Waals surface area contributed by atoms with Gasteiger partial charge in [-0.25, -0.2) is 4.98 Å². The SMILES string of the molecule is C[C@@H](Sc1ncn[nH]1)C(=O)O. The minimum atomic E-state index is -0.855. The molecule has 0 saturated heterocycles. The number of nitrogens with zero attached hydrogens (tertiary/aromatic N) is 2. The van der Waals surface area contributed by atoms with Crippen molar-refractivity contribution < 1.29 is 9.90 Å². The molecule has 2 N–H and O–H groups in total. The molecule has 0 bridgehead atoms. The zero-order valence-electron chi connectivity index (χ0n) is 5.81. The van der Waals surface area contributed by atoms with Crippen molar-refractivity contribution in [2.24, 2.45) is 0 Å². The van der Waals surface area contributed by atoms with Crippen molar-refractivity contribution in [3.8, 4) is 0 Å². The highest BCUT2D eigenvalue weighted by Crippen LogP contribution is 2.17. The van der Waals surface area contributed by atoms with Crippen molar-refractivity contribution in [2.75, 3.05) is 0 Å². The van der Waals surface area contributed by atoms with Gasteiger partial charge in [0.25, 0.3) is 0 Å². The minimum absolute atomic E-state index is 0.497. The highest BCUT2D eigenvalue weighted by Gasteiger charge is 2.13. The average Bonchev–Trinajstić information content (AvgIpc) is 2.39. The van der Waals surface area contributed by atoms with Crippen molar-refractivity contribution in [3.63, 3.8) is 0 Å². The molecule has 5 nitrogen and oxygen atoms in total. The molecule has 1 aromatic rings. The zero-order chi connectivity index (χ0) is 8.27. The summed E-state index contributed by atoms with van der Waals surface area (Å²) >= 11 is 1.13. The number of H-pyrrole nitrogens is 1. The summed E-state index contributed by atoms with van der Waals surface area (Å²) in [7, 11) is 0. The Bertz CT molecular complexity index is 236. The Morgan fingerprint density at radius 2 is 2.64 bits per heavy atom. The first kappa shape index (κ1) is 8.06. The Hall–Kier alpha value is -1.04. The quantitative estimate of drug-likeness (QED) is 0.645. The van der Waals surface area contributed by atoms with Crippen LogP contribution in [-0.4, -0.2) is 31.5 Å². The molecule has 0 spiro atoms. The number of carboxylic acid groups (broad SMARTS) is 1. The molecule has 0 aliphatic heterocycles. The molecule has 60 valence electrons. The van der Waals surface area contributed by atoms with E-state index in [1.54, 1.807) is 6.92 Å². The highest BCUT2D eigenvalue weighted by atomic mass is 32.2. The normalized spacial score (nSPS) is 12.8. The van der Waals surface area contributed by atoms with Gasteiger partial charge in [-0.1, -0.05) is 11.8 Å². The number of carbonyl (C=O) groups is 1. The van der Waals surface area contributed by atoms with Crippen molar-refractivity contribution in [1.29, 1.82) is 0 Å². The van der Waals surface area contributed by atoms with Gasteiger partial charge in [-0.05, 0) is 6.92 Å². The van der Waals surface area contributed by atoms with Gasteiger partial charge in [-0.15, -0.1) is 0 Å². The smallest absolute Gasteiger partial charge is 0.316 e. The molecule has 1 heterocycles. The van der Waals surface area contributed by atoms with E-state index < -0.39 is 11.2 Å². The van der Waals surface area contributed by atoms with Gasteiger partial charge < -0.3 is 5.11 Å². The molecular weight excluding hydrogens is 166 g/mol. The number of carboxylic acids is 1. The number of nitrogens with one attached hydrogen (secondary N) is 1. The number of hydrogen-bond acceptors (Lipinski definition) is 4. The lowest BCUT2D eigenvalue weighted by atomic mass is 10.5.